The summed E-state index contributed by atoms with van der Waals surface area (Å²) >= 11 is 0. The van der Waals surface area contributed by atoms with Gasteiger partial charge in [0, 0.05) is 16.6 Å². The van der Waals surface area contributed by atoms with Gasteiger partial charge in [0.25, 0.3) is 0 Å². The summed E-state index contributed by atoms with van der Waals surface area (Å²) in [6.45, 7) is 6.04. The van der Waals surface area contributed by atoms with Crippen LogP contribution < -0.4 is 10.2 Å². The SMILES string of the molecule is COC(=O)C1(Cc2ccc(OCc3cc(C)nc4ccccc34)cc2)C(C(=O)NO)C1(C)C. The quantitative estimate of drug-likeness (QED) is 0.322. The average Bonchev–Trinajstić information content (AvgIpc) is 3.31. The predicted octanol–water partition coefficient (Wildman–Crippen LogP) is 3.99. The second kappa shape index (κ2) is 8.48. The molecule has 7 heteroatoms. The molecule has 0 spiro atoms. The minimum Gasteiger partial charge on any atom is -0.489 e. The number of carbonyl (C=O) groups is 2. The number of rotatable bonds is 7. The minimum absolute atomic E-state index is 0.319. The van der Waals surface area contributed by atoms with Gasteiger partial charge >= 0.3 is 5.97 Å². The molecule has 2 aromatic carbocycles. The first-order valence-electron chi connectivity index (χ1n) is 10.8. The highest BCUT2D eigenvalue weighted by atomic mass is 16.5. The van der Waals surface area contributed by atoms with Crippen molar-refractivity contribution in [1.82, 2.24) is 10.5 Å². The third-order valence-corrected chi connectivity index (χ3v) is 6.93. The molecule has 1 saturated carbocycles. The molecule has 1 fully saturated rings. The van der Waals surface area contributed by atoms with Crippen LogP contribution in [0.25, 0.3) is 10.9 Å². The highest BCUT2D eigenvalue weighted by molar-refractivity contribution is 5.95. The van der Waals surface area contributed by atoms with Crippen LogP contribution in [0.4, 0.5) is 0 Å². The van der Waals surface area contributed by atoms with Crippen molar-refractivity contribution in [3.8, 4) is 5.75 Å². The maximum Gasteiger partial charge on any atom is 0.313 e. The number of amides is 1. The molecule has 7 nitrogen and oxygen atoms in total. The zero-order chi connectivity index (χ0) is 23.8. The first-order valence-corrected chi connectivity index (χ1v) is 10.8. The predicted molar refractivity (Wildman–Crippen MR) is 123 cm³/mol. The standard InChI is InChI=1S/C26H28N2O5/c1-16-13-18(20-7-5-6-8-21(20)27-16)15-33-19-11-9-17(10-12-19)14-26(24(30)32-4)22(23(29)28-31)25(26,2)3/h5-13,22,31H,14-15H2,1-4H3,(H,28,29). The van der Waals surface area contributed by atoms with E-state index in [9.17, 15) is 9.59 Å². The molecule has 33 heavy (non-hydrogen) atoms. The first kappa shape index (κ1) is 22.7. The van der Waals surface area contributed by atoms with Gasteiger partial charge in [-0.25, -0.2) is 5.48 Å². The van der Waals surface area contributed by atoms with Crippen molar-refractivity contribution in [3.63, 3.8) is 0 Å². The van der Waals surface area contributed by atoms with Gasteiger partial charge in [0.15, 0.2) is 0 Å². The van der Waals surface area contributed by atoms with Crippen molar-refractivity contribution in [3.05, 3.63) is 71.4 Å². The first-order chi connectivity index (χ1) is 15.7. The number of ether oxygens (including phenoxy) is 2. The number of esters is 1. The molecule has 1 aliphatic rings. The number of nitrogens with zero attached hydrogens (tertiary/aromatic N) is 1. The Labute approximate surface area is 192 Å². The van der Waals surface area contributed by atoms with Crippen molar-refractivity contribution >= 4 is 22.8 Å². The van der Waals surface area contributed by atoms with Crippen molar-refractivity contribution < 1.29 is 24.3 Å². The molecule has 2 N–H and O–H groups in total. The lowest BCUT2D eigenvalue weighted by molar-refractivity contribution is -0.150. The number of hydrogen-bond donors (Lipinski definition) is 2. The summed E-state index contributed by atoms with van der Waals surface area (Å²) in [7, 11) is 1.31. The van der Waals surface area contributed by atoms with Gasteiger partial charge in [-0.05, 0) is 48.6 Å². The van der Waals surface area contributed by atoms with E-state index in [2.05, 4.69) is 4.98 Å². The van der Waals surface area contributed by atoms with Crippen molar-refractivity contribution in [2.24, 2.45) is 16.7 Å². The monoisotopic (exact) mass is 448 g/mol. The van der Waals surface area contributed by atoms with E-state index in [1.807, 2.05) is 75.4 Å². The molecule has 2 atom stereocenters. The van der Waals surface area contributed by atoms with E-state index in [0.29, 0.717) is 18.8 Å². The van der Waals surface area contributed by atoms with Gasteiger partial charge in [0.05, 0.1) is 24.0 Å². The Morgan fingerprint density at radius 3 is 2.48 bits per heavy atom. The molecule has 1 amide bonds. The van der Waals surface area contributed by atoms with Crippen LogP contribution in [-0.2, 0) is 27.4 Å². The molecule has 3 aromatic rings. The topological polar surface area (TPSA) is 97.8 Å². The zero-order valence-electron chi connectivity index (χ0n) is 19.2. The number of nitrogens with one attached hydrogen (secondary N) is 1. The fourth-order valence-corrected chi connectivity index (χ4v) is 5.14. The van der Waals surface area contributed by atoms with E-state index >= 15 is 0 Å². The zero-order valence-corrected chi connectivity index (χ0v) is 19.2. The number of hydrogen-bond acceptors (Lipinski definition) is 6. The fraction of sp³-hybridized carbons (Fsp3) is 0.346. The summed E-state index contributed by atoms with van der Waals surface area (Å²) < 4.78 is 11.1. The fourth-order valence-electron chi connectivity index (χ4n) is 5.14. The highest BCUT2D eigenvalue weighted by Gasteiger charge is 2.78. The summed E-state index contributed by atoms with van der Waals surface area (Å²) in [4.78, 5) is 29.5. The van der Waals surface area contributed by atoms with Crippen LogP contribution in [0, 0.1) is 23.7 Å². The van der Waals surface area contributed by atoms with Crippen LogP contribution in [-0.4, -0.2) is 29.2 Å². The molecule has 1 aliphatic carbocycles. The molecule has 0 aliphatic heterocycles. The molecule has 1 aromatic heterocycles. The number of aryl methyl sites for hydroxylation is 1. The van der Waals surface area contributed by atoms with Crippen LogP contribution in [0.1, 0.15) is 30.7 Å². The largest absolute Gasteiger partial charge is 0.489 e. The molecular weight excluding hydrogens is 420 g/mol. The molecule has 0 saturated heterocycles. The Morgan fingerprint density at radius 2 is 1.82 bits per heavy atom. The van der Waals surface area contributed by atoms with Crippen LogP contribution in [0.5, 0.6) is 5.75 Å². The average molecular weight is 449 g/mol. The lowest BCUT2D eigenvalue weighted by atomic mass is 9.88. The Hall–Kier alpha value is -3.45. The third kappa shape index (κ3) is 3.82. The van der Waals surface area contributed by atoms with Gasteiger partial charge in [0.2, 0.25) is 5.91 Å². The molecule has 2 unspecified atom stereocenters. The Balaban J connectivity index is 1.51. The van der Waals surface area contributed by atoms with E-state index in [1.165, 1.54) is 7.11 Å². The third-order valence-electron chi connectivity index (χ3n) is 6.93. The highest BCUT2D eigenvalue weighted by Crippen LogP contribution is 2.70. The number of aromatic nitrogens is 1. The van der Waals surface area contributed by atoms with E-state index < -0.39 is 28.6 Å². The molecule has 1 heterocycles. The second-order valence-electron chi connectivity index (χ2n) is 9.14. The van der Waals surface area contributed by atoms with Crippen LogP contribution in [0.2, 0.25) is 0 Å². The lowest BCUT2D eigenvalue weighted by Crippen LogP contribution is -2.30. The molecule has 0 bridgehead atoms. The maximum absolute atomic E-state index is 12.7. The Morgan fingerprint density at radius 1 is 1.12 bits per heavy atom. The molecular formula is C26H28N2O5. The Bertz CT molecular complexity index is 1210. The summed E-state index contributed by atoms with van der Waals surface area (Å²) in [5.74, 6) is -1.02. The number of carbonyl (C=O) groups excluding carboxylic acids is 2. The number of para-hydroxylation sites is 1. The molecule has 0 radical (unpaired) electrons. The van der Waals surface area contributed by atoms with Gasteiger partial charge in [-0.15, -0.1) is 0 Å². The second-order valence-corrected chi connectivity index (χ2v) is 9.14. The summed E-state index contributed by atoms with van der Waals surface area (Å²) in [5.41, 5.74) is 3.81. The van der Waals surface area contributed by atoms with E-state index in [1.54, 1.807) is 5.48 Å². The number of benzene rings is 2. The number of pyridine rings is 1. The van der Waals surface area contributed by atoms with Gasteiger partial charge < -0.3 is 9.47 Å². The number of methoxy groups -OCH3 is 1. The van der Waals surface area contributed by atoms with Crippen LogP contribution in [0.3, 0.4) is 0 Å². The lowest BCUT2D eigenvalue weighted by Gasteiger charge is -2.18. The maximum atomic E-state index is 12.7. The summed E-state index contributed by atoms with van der Waals surface area (Å²) in [6, 6.07) is 17.5. The Kier molecular flexibility index (Phi) is 5.84. The van der Waals surface area contributed by atoms with E-state index in [0.717, 1.165) is 27.7 Å². The molecule has 4 rings (SSSR count). The molecule has 172 valence electrons. The van der Waals surface area contributed by atoms with Crippen molar-refractivity contribution in [1.29, 1.82) is 0 Å². The summed E-state index contributed by atoms with van der Waals surface area (Å²) in [6.07, 6.45) is 0.319. The van der Waals surface area contributed by atoms with Crippen LogP contribution >= 0.6 is 0 Å². The van der Waals surface area contributed by atoms with E-state index in [-0.39, 0.29) is 0 Å². The number of fused-ring (bicyclic) bond motifs is 1. The minimum atomic E-state index is -1.04. The van der Waals surface area contributed by atoms with Gasteiger partial charge in [0.1, 0.15) is 12.4 Å². The van der Waals surface area contributed by atoms with Crippen molar-refractivity contribution in [2.45, 2.75) is 33.8 Å². The normalized spacial score (nSPS) is 20.8. The summed E-state index contributed by atoms with van der Waals surface area (Å²) in [5, 5.41) is 10.2. The van der Waals surface area contributed by atoms with Gasteiger partial charge in [-0.2, -0.15) is 0 Å². The number of hydroxylamine groups is 1. The van der Waals surface area contributed by atoms with Gasteiger partial charge in [-0.1, -0.05) is 44.2 Å². The van der Waals surface area contributed by atoms with Gasteiger partial charge in [-0.3, -0.25) is 19.8 Å². The van der Waals surface area contributed by atoms with Crippen molar-refractivity contribution in [2.75, 3.05) is 7.11 Å². The van der Waals surface area contributed by atoms with E-state index in [4.69, 9.17) is 14.7 Å². The smallest absolute Gasteiger partial charge is 0.313 e. The van der Waals surface area contributed by atoms with Crippen LogP contribution in [0.15, 0.2) is 54.6 Å².